The minimum Gasteiger partial charge on any atom is -0.368 e. The largest absolute Gasteiger partial charge is 0.368 e. The van der Waals surface area contributed by atoms with Gasteiger partial charge in [0.05, 0.1) is 6.54 Å². The van der Waals surface area contributed by atoms with Crippen molar-refractivity contribution in [3.8, 4) is 0 Å². The molecule has 2 N–H and O–H groups in total. The molecule has 29 heavy (non-hydrogen) atoms. The molecule has 2 aromatic rings. The maximum atomic E-state index is 12.5. The molecule has 0 unspecified atom stereocenters. The number of nitrogens with one attached hydrogen (secondary N) is 2. The third kappa shape index (κ3) is 6.92. The van der Waals surface area contributed by atoms with Crippen LogP contribution in [0.1, 0.15) is 11.1 Å². The summed E-state index contributed by atoms with van der Waals surface area (Å²) in [6.07, 6.45) is 0. The molecular formula is C22H30IN5O. The number of piperazine rings is 1. The number of hydrogen-bond donors (Lipinski definition) is 2. The van der Waals surface area contributed by atoms with Gasteiger partial charge in [0, 0.05) is 45.5 Å². The molecular weight excluding hydrogens is 477 g/mol. The van der Waals surface area contributed by atoms with Crippen LogP contribution in [0.4, 0.5) is 5.69 Å². The number of nitrogens with zero attached hydrogens (tertiary/aromatic N) is 3. The lowest BCUT2D eigenvalue weighted by Gasteiger charge is -2.36. The topological polar surface area (TPSA) is 60.0 Å². The molecule has 156 valence electrons. The third-order valence-electron chi connectivity index (χ3n) is 4.93. The molecule has 0 bridgehead atoms. The van der Waals surface area contributed by atoms with Crippen molar-refractivity contribution in [2.24, 2.45) is 4.99 Å². The predicted molar refractivity (Wildman–Crippen MR) is 130 cm³/mol. The Morgan fingerprint density at radius 3 is 2.38 bits per heavy atom. The molecule has 3 rings (SSSR count). The van der Waals surface area contributed by atoms with Crippen molar-refractivity contribution in [2.75, 3.05) is 44.7 Å². The zero-order valence-electron chi connectivity index (χ0n) is 17.1. The molecule has 0 aliphatic carbocycles. The van der Waals surface area contributed by atoms with Gasteiger partial charge >= 0.3 is 0 Å². The van der Waals surface area contributed by atoms with Gasteiger partial charge in [-0.1, -0.05) is 48.0 Å². The zero-order valence-corrected chi connectivity index (χ0v) is 19.4. The molecule has 0 aromatic heterocycles. The van der Waals surface area contributed by atoms with Crippen molar-refractivity contribution in [3.63, 3.8) is 0 Å². The number of halogens is 1. The van der Waals surface area contributed by atoms with Gasteiger partial charge in [-0.2, -0.15) is 0 Å². The van der Waals surface area contributed by atoms with Gasteiger partial charge in [-0.3, -0.25) is 9.79 Å². The smallest absolute Gasteiger partial charge is 0.242 e. The molecule has 0 atom stereocenters. The highest BCUT2D eigenvalue weighted by molar-refractivity contribution is 14.0. The molecule has 6 nitrogen and oxygen atoms in total. The van der Waals surface area contributed by atoms with Gasteiger partial charge in [-0.15, -0.1) is 24.0 Å². The van der Waals surface area contributed by atoms with E-state index in [0.717, 1.165) is 26.2 Å². The van der Waals surface area contributed by atoms with Crippen molar-refractivity contribution in [1.29, 1.82) is 0 Å². The maximum Gasteiger partial charge on any atom is 0.242 e. The first kappa shape index (κ1) is 23.0. The van der Waals surface area contributed by atoms with E-state index in [9.17, 15) is 4.79 Å². The van der Waals surface area contributed by atoms with Crippen LogP contribution in [0.3, 0.4) is 0 Å². The van der Waals surface area contributed by atoms with Crippen LogP contribution in [0.15, 0.2) is 59.6 Å². The van der Waals surface area contributed by atoms with Gasteiger partial charge < -0.3 is 20.4 Å². The molecule has 2 aromatic carbocycles. The second-order valence-electron chi connectivity index (χ2n) is 6.97. The number of carbonyl (C=O) groups is 1. The Bertz CT molecular complexity index is 804. The van der Waals surface area contributed by atoms with Gasteiger partial charge in [0.2, 0.25) is 5.91 Å². The van der Waals surface area contributed by atoms with E-state index in [1.54, 1.807) is 7.05 Å². The highest BCUT2D eigenvalue weighted by atomic mass is 127. The van der Waals surface area contributed by atoms with Crippen LogP contribution >= 0.6 is 24.0 Å². The SMILES string of the molecule is CN=C(NCC(=O)N1CCN(c2ccccc2)CC1)NCc1cccc(C)c1.I. The average Bonchev–Trinajstić information content (AvgIpc) is 2.74. The van der Waals surface area contributed by atoms with Crippen molar-refractivity contribution >= 4 is 41.5 Å². The Labute approximate surface area is 190 Å². The lowest BCUT2D eigenvalue weighted by molar-refractivity contribution is -0.130. The Morgan fingerprint density at radius 1 is 1.00 bits per heavy atom. The Balaban J connectivity index is 0.00000300. The van der Waals surface area contributed by atoms with Gasteiger partial charge in [0.1, 0.15) is 0 Å². The van der Waals surface area contributed by atoms with Crippen molar-refractivity contribution in [1.82, 2.24) is 15.5 Å². The summed E-state index contributed by atoms with van der Waals surface area (Å²) >= 11 is 0. The van der Waals surface area contributed by atoms with Crippen LogP contribution in [-0.4, -0.2) is 56.5 Å². The Morgan fingerprint density at radius 2 is 1.72 bits per heavy atom. The number of rotatable bonds is 5. The third-order valence-corrected chi connectivity index (χ3v) is 4.93. The molecule has 1 aliphatic rings. The minimum absolute atomic E-state index is 0. The number of aliphatic imine (C=N–C) groups is 1. The van der Waals surface area contributed by atoms with E-state index in [2.05, 4.69) is 57.8 Å². The van der Waals surface area contributed by atoms with Crippen molar-refractivity contribution < 1.29 is 4.79 Å². The zero-order chi connectivity index (χ0) is 19.8. The number of amides is 1. The fourth-order valence-electron chi connectivity index (χ4n) is 3.35. The standard InChI is InChI=1S/C22H29N5O.HI/c1-18-7-6-8-19(15-18)16-24-22(23-2)25-17-21(28)27-13-11-26(12-14-27)20-9-4-3-5-10-20;/h3-10,15H,11-14,16-17H2,1-2H3,(H2,23,24,25);1H. The van der Waals surface area contributed by atoms with Crippen molar-refractivity contribution in [3.05, 3.63) is 65.7 Å². The van der Waals surface area contributed by atoms with Crippen LogP contribution < -0.4 is 15.5 Å². The summed E-state index contributed by atoms with van der Waals surface area (Å²) in [5, 5.41) is 6.39. The van der Waals surface area contributed by atoms with E-state index in [1.807, 2.05) is 29.2 Å². The number of benzene rings is 2. The van der Waals surface area contributed by atoms with Crippen molar-refractivity contribution in [2.45, 2.75) is 13.5 Å². The van der Waals surface area contributed by atoms with E-state index in [1.165, 1.54) is 16.8 Å². The van der Waals surface area contributed by atoms with Gasteiger partial charge in [-0.25, -0.2) is 0 Å². The molecule has 0 spiro atoms. The van der Waals surface area contributed by atoms with E-state index in [-0.39, 0.29) is 36.4 Å². The second-order valence-corrected chi connectivity index (χ2v) is 6.97. The molecule has 7 heteroatoms. The highest BCUT2D eigenvalue weighted by Crippen LogP contribution is 2.15. The quantitative estimate of drug-likeness (QED) is 0.371. The highest BCUT2D eigenvalue weighted by Gasteiger charge is 2.21. The molecule has 1 aliphatic heterocycles. The number of para-hydroxylation sites is 1. The lowest BCUT2D eigenvalue weighted by atomic mass is 10.1. The fraction of sp³-hybridized carbons (Fsp3) is 0.364. The number of hydrogen-bond acceptors (Lipinski definition) is 3. The Hall–Kier alpha value is -2.29. The van der Waals surface area contributed by atoms with E-state index < -0.39 is 0 Å². The summed E-state index contributed by atoms with van der Waals surface area (Å²) in [6.45, 7) is 6.19. The number of carbonyl (C=O) groups excluding carboxylic acids is 1. The van der Waals surface area contributed by atoms with E-state index in [4.69, 9.17) is 0 Å². The first-order valence-electron chi connectivity index (χ1n) is 9.73. The molecule has 1 fully saturated rings. The molecule has 1 amide bonds. The predicted octanol–water partition coefficient (Wildman–Crippen LogP) is 2.63. The van der Waals surface area contributed by atoms with Crippen LogP contribution in [0.25, 0.3) is 0 Å². The lowest BCUT2D eigenvalue weighted by Crippen LogP contribution is -2.52. The number of anilines is 1. The van der Waals surface area contributed by atoms with Gasteiger partial charge in [-0.05, 0) is 24.6 Å². The molecule has 0 saturated carbocycles. The van der Waals surface area contributed by atoms with E-state index >= 15 is 0 Å². The second kappa shape index (κ2) is 11.6. The monoisotopic (exact) mass is 507 g/mol. The first-order valence-corrected chi connectivity index (χ1v) is 9.73. The summed E-state index contributed by atoms with van der Waals surface area (Å²) < 4.78 is 0. The van der Waals surface area contributed by atoms with E-state index in [0.29, 0.717) is 12.5 Å². The summed E-state index contributed by atoms with van der Waals surface area (Å²) in [7, 11) is 1.72. The van der Waals surface area contributed by atoms with Crippen LogP contribution in [0.5, 0.6) is 0 Å². The summed E-state index contributed by atoms with van der Waals surface area (Å²) in [5.74, 6) is 0.740. The fourth-order valence-corrected chi connectivity index (χ4v) is 3.35. The number of guanidine groups is 1. The first-order chi connectivity index (χ1) is 13.7. The molecule has 1 saturated heterocycles. The van der Waals surface area contributed by atoms with Gasteiger partial charge in [0.25, 0.3) is 0 Å². The summed E-state index contributed by atoms with van der Waals surface area (Å²) in [4.78, 5) is 21.0. The normalized spacial score (nSPS) is 14.2. The molecule has 1 heterocycles. The van der Waals surface area contributed by atoms with Crippen LogP contribution in [0.2, 0.25) is 0 Å². The Kier molecular flexibility index (Phi) is 9.24. The number of aryl methyl sites for hydroxylation is 1. The van der Waals surface area contributed by atoms with Gasteiger partial charge in [0.15, 0.2) is 5.96 Å². The maximum absolute atomic E-state index is 12.5. The average molecular weight is 507 g/mol. The minimum atomic E-state index is 0. The van der Waals surface area contributed by atoms with Crippen LogP contribution in [0, 0.1) is 6.92 Å². The van der Waals surface area contributed by atoms with Crippen LogP contribution in [-0.2, 0) is 11.3 Å². The molecule has 0 radical (unpaired) electrons. The summed E-state index contributed by atoms with van der Waals surface area (Å²) in [6, 6.07) is 18.7. The summed E-state index contributed by atoms with van der Waals surface area (Å²) in [5.41, 5.74) is 3.63.